The topological polar surface area (TPSA) is 183 Å². The predicted octanol–water partition coefficient (Wildman–Crippen LogP) is 1.63. The number of phenols is 1. The molecule has 1 heterocycles. The summed E-state index contributed by atoms with van der Waals surface area (Å²) >= 11 is 0. The maximum atomic E-state index is 13.7. The smallest absolute Gasteiger partial charge is 0.251 e. The molecular weight excluding hydrogens is 586 g/mol. The number of amides is 4. The number of carbonyl (C=O) groups is 4. The number of hydrogen-bond donors (Lipinski definition) is 7. The summed E-state index contributed by atoms with van der Waals surface area (Å²) in [6.07, 6.45) is -1.03. The monoisotopic (exact) mass is 629 g/mol. The van der Waals surface area contributed by atoms with E-state index >= 15 is 0 Å². The summed E-state index contributed by atoms with van der Waals surface area (Å²) < 4.78 is 0. The fraction of sp³-hybridized carbons (Fsp3) is 0.371. The van der Waals surface area contributed by atoms with Crippen molar-refractivity contribution >= 4 is 23.6 Å². The van der Waals surface area contributed by atoms with E-state index in [0.717, 1.165) is 11.1 Å². The van der Waals surface area contributed by atoms with Crippen molar-refractivity contribution in [3.63, 3.8) is 0 Å². The number of nitrogens with two attached hydrogens (primary N) is 1. The van der Waals surface area contributed by atoms with Gasteiger partial charge in [0, 0.05) is 24.1 Å². The molecule has 4 rings (SSSR count). The quantitative estimate of drug-likeness (QED) is 0.159. The maximum Gasteiger partial charge on any atom is 0.251 e. The largest absolute Gasteiger partial charge is 0.508 e. The summed E-state index contributed by atoms with van der Waals surface area (Å²) in [5.74, 6) is -2.16. The molecule has 46 heavy (non-hydrogen) atoms. The number of carbonyl (C=O) groups excluding carboxylic acids is 4. The van der Waals surface area contributed by atoms with Gasteiger partial charge >= 0.3 is 0 Å². The number of hydrogen-bond acceptors (Lipinski definition) is 7. The van der Waals surface area contributed by atoms with Gasteiger partial charge in [-0.1, -0.05) is 54.6 Å². The van der Waals surface area contributed by atoms with Crippen LogP contribution < -0.4 is 27.0 Å². The third-order valence-corrected chi connectivity index (χ3v) is 7.80. The van der Waals surface area contributed by atoms with E-state index in [-0.39, 0.29) is 24.5 Å². The highest BCUT2D eigenvalue weighted by molar-refractivity contribution is 5.96. The first-order chi connectivity index (χ1) is 21.8. The Morgan fingerprint density at radius 1 is 0.913 bits per heavy atom. The first kappa shape index (κ1) is 34.1. The van der Waals surface area contributed by atoms with E-state index in [1.165, 1.54) is 12.1 Å². The lowest BCUT2D eigenvalue weighted by molar-refractivity contribution is -0.132. The number of rotatable bonds is 12. The Labute approximate surface area is 269 Å². The molecule has 0 bridgehead atoms. The zero-order chi connectivity index (χ0) is 33.4. The Balaban J connectivity index is 1.54. The Hall–Kier alpha value is -4.74. The van der Waals surface area contributed by atoms with Crippen LogP contribution in [0, 0.1) is 0 Å². The van der Waals surface area contributed by atoms with Crippen molar-refractivity contribution in [2.45, 2.75) is 82.8 Å². The van der Waals surface area contributed by atoms with E-state index < -0.39 is 53.9 Å². The molecule has 3 aromatic rings. The number of benzene rings is 3. The van der Waals surface area contributed by atoms with E-state index in [1.807, 2.05) is 45.0 Å². The van der Waals surface area contributed by atoms with Crippen LogP contribution in [0.1, 0.15) is 59.8 Å². The van der Waals surface area contributed by atoms with Crippen LogP contribution in [0.4, 0.5) is 0 Å². The Morgan fingerprint density at radius 2 is 1.57 bits per heavy atom. The maximum absolute atomic E-state index is 13.7. The van der Waals surface area contributed by atoms with Crippen LogP contribution in [0.15, 0.2) is 72.8 Å². The van der Waals surface area contributed by atoms with Gasteiger partial charge in [-0.3, -0.25) is 19.2 Å². The first-order valence-electron chi connectivity index (χ1n) is 15.3. The molecule has 11 heteroatoms. The zero-order valence-electron chi connectivity index (χ0n) is 26.4. The lowest BCUT2D eigenvalue weighted by atomic mass is 9.93. The van der Waals surface area contributed by atoms with Crippen molar-refractivity contribution < 1.29 is 29.4 Å². The standard InChI is InChI=1S/C35H43N5O6/c1-35(2,3)40-32(44)26-11-7-6-9-23(26)18-30(42)27(16-21-12-14-25(41)15-13-21)38-34(46)29(19-31(36)43)39-33(45)28-17-22-8-4-5-10-24(22)20-37-28/h4-15,27-30,37,41-42H,16-20H2,1-3H3,(H2,36,43)(H,38,46)(H,39,45)(H,40,44)/t27-,28?,29-,30+/m0/s1. The number of aromatic hydroxyl groups is 1. The van der Waals surface area contributed by atoms with Crippen LogP contribution in [0.25, 0.3) is 0 Å². The molecule has 3 aromatic carbocycles. The van der Waals surface area contributed by atoms with Gasteiger partial charge in [0.15, 0.2) is 0 Å². The Kier molecular flexibility index (Phi) is 11.2. The highest BCUT2D eigenvalue weighted by atomic mass is 16.3. The van der Waals surface area contributed by atoms with Gasteiger partial charge in [-0.05, 0) is 74.1 Å². The second-order valence-electron chi connectivity index (χ2n) is 12.8. The normalized spacial score (nSPS) is 16.3. The van der Waals surface area contributed by atoms with Gasteiger partial charge in [0.1, 0.15) is 11.8 Å². The second kappa shape index (κ2) is 15.0. The third kappa shape index (κ3) is 9.63. The summed E-state index contributed by atoms with van der Waals surface area (Å²) in [4.78, 5) is 52.0. The van der Waals surface area contributed by atoms with Gasteiger partial charge in [0.2, 0.25) is 17.7 Å². The van der Waals surface area contributed by atoms with Gasteiger partial charge in [0.05, 0.1) is 24.6 Å². The van der Waals surface area contributed by atoms with Crippen LogP contribution in [0.5, 0.6) is 5.75 Å². The van der Waals surface area contributed by atoms with Crippen molar-refractivity contribution in [3.8, 4) is 5.75 Å². The van der Waals surface area contributed by atoms with Crippen LogP contribution in [-0.4, -0.2) is 63.6 Å². The predicted molar refractivity (Wildman–Crippen MR) is 174 cm³/mol. The minimum atomic E-state index is -1.29. The number of aliphatic hydroxyl groups excluding tert-OH is 1. The highest BCUT2D eigenvalue weighted by Crippen LogP contribution is 2.19. The average Bonchev–Trinajstić information content (AvgIpc) is 3.00. The second-order valence-corrected chi connectivity index (χ2v) is 12.8. The number of phenolic OH excluding ortho intramolecular Hbond substituents is 1. The lowest BCUT2D eigenvalue weighted by Gasteiger charge is -2.29. The minimum Gasteiger partial charge on any atom is -0.508 e. The summed E-state index contributed by atoms with van der Waals surface area (Å²) in [7, 11) is 0. The number of fused-ring (bicyclic) bond motifs is 1. The van der Waals surface area contributed by atoms with Crippen LogP contribution in [0.3, 0.4) is 0 Å². The van der Waals surface area contributed by atoms with Crippen LogP contribution in [0.2, 0.25) is 0 Å². The van der Waals surface area contributed by atoms with Gasteiger partial charge in [-0.25, -0.2) is 0 Å². The number of primary amides is 1. The van der Waals surface area contributed by atoms with Gasteiger partial charge < -0.3 is 37.2 Å². The molecule has 1 aliphatic heterocycles. The molecule has 8 N–H and O–H groups in total. The molecule has 0 fully saturated rings. The van der Waals surface area contributed by atoms with Gasteiger partial charge in [-0.15, -0.1) is 0 Å². The molecule has 0 spiro atoms. The van der Waals surface area contributed by atoms with Crippen LogP contribution >= 0.6 is 0 Å². The average molecular weight is 630 g/mol. The Bertz CT molecular complexity index is 1550. The van der Waals surface area contributed by atoms with Crippen molar-refractivity contribution in [1.82, 2.24) is 21.3 Å². The molecular formula is C35H43N5O6. The molecule has 0 aliphatic carbocycles. The summed E-state index contributed by atoms with van der Waals surface area (Å²) in [6, 6.07) is 18.2. The van der Waals surface area contributed by atoms with Crippen molar-refractivity contribution in [2.24, 2.45) is 5.73 Å². The third-order valence-electron chi connectivity index (χ3n) is 7.80. The molecule has 1 unspecified atom stereocenters. The molecule has 11 nitrogen and oxygen atoms in total. The van der Waals surface area contributed by atoms with E-state index in [0.29, 0.717) is 29.7 Å². The Morgan fingerprint density at radius 3 is 2.24 bits per heavy atom. The molecule has 244 valence electrons. The number of aliphatic hydroxyl groups is 1. The molecule has 1 aliphatic rings. The van der Waals surface area contributed by atoms with Crippen molar-refractivity contribution in [1.29, 1.82) is 0 Å². The van der Waals surface area contributed by atoms with E-state index in [9.17, 15) is 29.4 Å². The van der Waals surface area contributed by atoms with Crippen molar-refractivity contribution in [3.05, 3.63) is 101 Å². The lowest BCUT2D eigenvalue weighted by Crippen LogP contribution is -2.57. The SMILES string of the molecule is CC(C)(C)NC(=O)c1ccccc1C[C@@H](O)[C@H](Cc1ccc(O)cc1)NC(=O)[C@H](CC(N)=O)NC(=O)C1Cc2ccccc2CN1. The minimum absolute atomic E-state index is 0.0228. The van der Waals surface area contributed by atoms with Gasteiger partial charge in [0.25, 0.3) is 5.91 Å². The molecule has 0 saturated heterocycles. The summed E-state index contributed by atoms with van der Waals surface area (Å²) in [5.41, 5.74) is 8.78. The fourth-order valence-electron chi connectivity index (χ4n) is 5.47. The molecule has 4 amide bonds. The van der Waals surface area contributed by atoms with E-state index in [2.05, 4.69) is 21.3 Å². The molecule has 0 radical (unpaired) electrons. The zero-order valence-corrected chi connectivity index (χ0v) is 26.4. The fourth-order valence-corrected chi connectivity index (χ4v) is 5.47. The summed E-state index contributed by atoms with van der Waals surface area (Å²) in [6.45, 7) is 6.10. The first-order valence-corrected chi connectivity index (χ1v) is 15.3. The van der Waals surface area contributed by atoms with E-state index in [1.54, 1.807) is 36.4 Å². The highest BCUT2D eigenvalue weighted by Gasteiger charge is 2.32. The number of nitrogens with one attached hydrogen (secondary N) is 4. The van der Waals surface area contributed by atoms with Gasteiger partial charge in [-0.2, -0.15) is 0 Å². The van der Waals surface area contributed by atoms with E-state index in [4.69, 9.17) is 5.73 Å². The molecule has 0 saturated carbocycles. The molecule has 0 aromatic heterocycles. The molecule has 4 atom stereocenters. The van der Waals surface area contributed by atoms with Crippen LogP contribution in [-0.2, 0) is 40.2 Å². The van der Waals surface area contributed by atoms with Crippen molar-refractivity contribution in [2.75, 3.05) is 0 Å². The summed E-state index contributed by atoms with van der Waals surface area (Å²) in [5, 5.41) is 32.9.